The standard InChI is InChI=1S/C20H15BrClNO4S2/c1-2-26-17(24)11-27-18-14(21)8-12(9-15(18)22)10-16-19(25)23(20(28)29-16)13-6-4-3-5-7-13/h3-10H,2,11H2,1H3/b16-10+. The smallest absolute Gasteiger partial charge is 0.344 e. The number of nitrogens with zero attached hydrogens (tertiary/aromatic N) is 1. The first-order chi connectivity index (χ1) is 13.9. The zero-order valence-corrected chi connectivity index (χ0v) is 19.2. The summed E-state index contributed by atoms with van der Waals surface area (Å²) in [7, 11) is 0. The summed E-state index contributed by atoms with van der Waals surface area (Å²) >= 11 is 16.3. The van der Waals surface area contributed by atoms with Crippen molar-refractivity contribution in [1.29, 1.82) is 0 Å². The Morgan fingerprint density at radius 3 is 2.69 bits per heavy atom. The van der Waals surface area contributed by atoms with Gasteiger partial charge < -0.3 is 9.47 Å². The average molecular weight is 513 g/mol. The molecule has 150 valence electrons. The van der Waals surface area contributed by atoms with Crippen molar-refractivity contribution in [3.8, 4) is 5.75 Å². The maximum absolute atomic E-state index is 12.8. The van der Waals surface area contributed by atoms with Crippen LogP contribution in [-0.2, 0) is 14.3 Å². The van der Waals surface area contributed by atoms with Gasteiger partial charge in [-0.15, -0.1) is 0 Å². The van der Waals surface area contributed by atoms with Gasteiger partial charge in [-0.25, -0.2) is 4.79 Å². The van der Waals surface area contributed by atoms with Crippen LogP contribution in [0.2, 0.25) is 5.02 Å². The van der Waals surface area contributed by atoms with Crippen LogP contribution < -0.4 is 9.64 Å². The Balaban J connectivity index is 1.81. The third kappa shape index (κ3) is 5.19. The molecule has 1 aliphatic heterocycles. The van der Waals surface area contributed by atoms with E-state index in [9.17, 15) is 9.59 Å². The summed E-state index contributed by atoms with van der Waals surface area (Å²) in [5.74, 6) is -0.348. The normalized spacial score (nSPS) is 15.1. The molecule has 0 N–H and O–H groups in total. The lowest BCUT2D eigenvalue weighted by atomic mass is 10.2. The first-order valence-electron chi connectivity index (χ1n) is 8.51. The summed E-state index contributed by atoms with van der Waals surface area (Å²) in [4.78, 5) is 26.3. The Bertz CT molecular complexity index is 974. The quantitative estimate of drug-likeness (QED) is 0.291. The molecular weight excluding hydrogens is 498 g/mol. The lowest BCUT2D eigenvalue weighted by Gasteiger charge is -2.13. The number of hydrogen-bond donors (Lipinski definition) is 0. The van der Waals surface area contributed by atoms with Crippen LogP contribution in [0.1, 0.15) is 12.5 Å². The van der Waals surface area contributed by atoms with Gasteiger partial charge in [0.15, 0.2) is 16.7 Å². The Kier molecular flexibility index (Phi) is 7.34. The summed E-state index contributed by atoms with van der Waals surface area (Å²) in [5.41, 5.74) is 1.42. The third-order valence-corrected chi connectivity index (χ3v) is 5.94. The van der Waals surface area contributed by atoms with Crippen LogP contribution in [0.25, 0.3) is 6.08 Å². The van der Waals surface area contributed by atoms with Crippen molar-refractivity contribution < 1.29 is 19.1 Å². The number of benzene rings is 2. The fourth-order valence-electron chi connectivity index (χ4n) is 2.55. The van der Waals surface area contributed by atoms with Gasteiger partial charge in [0.25, 0.3) is 5.91 Å². The number of anilines is 1. The molecule has 0 unspecified atom stereocenters. The Morgan fingerprint density at radius 1 is 1.31 bits per heavy atom. The highest BCUT2D eigenvalue weighted by atomic mass is 79.9. The van der Waals surface area contributed by atoms with Gasteiger partial charge in [0.1, 0.15) is 0 Å². The minimum atomic E-state index is -0.482. The lowest BCUT2D eigenvalue weighted by molar-refractivity contribution is -0.145. The number of rotatable bonds is 6. The van der Waals surface area contributed by atoms with Crippen molar-refractivity contribution >= 4 is 79.5 Å². The summed E-state index contributed by atoms with van der Waals surface area (Å²) in [6.45, 7) is 1.74. The van der Waals surface area contributed by atoms with E-state index in [0.717, 1.165) is 5.69 Å². The van der Waals surface area contributed by atoms with E-state index < -0.39 is 5.97 Å². The second-order valence-corrected chi connectivity index (χ2v) is 8.70. The summed E-state index contributed by atoms with van der Waals surface area (Å²) in [5, 5.41) is 0.300. The van der Waals surface area contributed by atoms with Gasteiger partial charge in [0, 0.05) is 0 Å². The number of carbonyl (C=O) groups is 2. The predicted octanol–water partition coefficient (Wildman–Crippen LogP) is 5.45. The number of thioether (sulfide) groups is 1. The molecule has 1 fully saturated rings. The minimum Gasteiger partial charge on any atom is -0.479 e. The van der Waals surface area contributed by atoms with Crippen LogP contribution in [0.4, 0.5) is 5.69 Å². The lowest BCUT2D eigenvalue weighted by Crippen LogP contribution is -2.27. The molecule has 0 saturated carbocycles. The molecule has 0 aliphatic carbocycles. The zero-order chi connectivity index (χ0) is 21.0. The SMILES string of the molecule is CCOC(=O)COc1c(Cl)cc(/C=C2/SC(=S)N(c3ccccc3)C2=O)cc1Br. The van der Waals surface area contributed by atoms with Gasteiger partial charge in [0.05, 0.1) is 26.7 Å². The molecule has 0 atom stereocenters. The molecule has 1 aliphatic rings. The Morgan fingerprint density at radius 2 is 2.03 bits per heavy atom. The molecule has 0 aromatic heterocycles. The minimum absolute atomic E-state index is 0.193. The van der Waals surface area contributed by atoms with Crippen LogP contribution in [0.5, 0.6) is 5.75 Å². The molecule has 0 bridgehead atoms. The second-order valence-electron chi connectivity index (χ2n) is 5.76. The molecule has 1 heterocycles. The number of hydrogen-bond acceptors (Lipinski definition) is 6. The van der Waals surface area contributed by atoms with E-state index in [-0.39, 0.29) is 19.1 Å². The van der Waals surface area contributed by atoms with Crippen molar-refractivity contribution in [3.05, 3.63) is 62.4 Å². The molecular formula is C20H15BrClNO4S2. The zero-order valence-electron chi connectivity index (χ0n) is 15.2. The van der Waals surface area contributed by atoms with Crippen LogP contribution in [0, 0.1) is 0 Å². The molecule has 2 aromatic rings. The molecule has 0 spiro atoms. The summed E-state index contributed by atoms with van der Waals surface area (Å²) < 4.78 is 11.3. The molecule has 29 heavy (non-hydrogen) atoms. The highest BCUT2D eigenvalue weighted by molar-refractivity contribution is 9.10. The number of carbonyl (C=O) groups excluding carboxylic acids is 2. The van der Waals surface area contributed by atoms with E-state index in [1.807, 2.05) is 30.3 Å². The molecule has 5 nitrogen and oxygen atoms in total. The molecule has 0 radical (unpaired) electrons. The van der Waals surface area contributed by atoms with Crippen LogP contribution >= 0.6 is 51.5 Å². The Labute approximate surface area is 191 Å². The highest BCUT2D eigenvalue weighted by Gasteiger charge is 2.33. The van der Waals surface area contributed by atoms with Gasteiger partial charge >= 0.3 is 5.97 Å². The molecule has 2 aromatic carbocycles. The van der Waals surface area contributed by atoms with Crippen LogP contribution in [0.15, 0.2) is 51.8 Å². The first kappa shape index (κ1) is 21.8. The molecule has 9 heteroatoms. The van der Waals surface area contributed by atoms with E-state index in [1.54, 1.807) is 25.1 Å². The van der Waals surface area contributed by atoms with Crippen molar-refractivity contribution in [3.63, 3.8) is 0 Å². The maximum atomic E-state index is 12.8. The van der Waals surface area contributed by atoms with Crippen molar-refractivity contribution in [2.75, 3.05) is 18.1 Å². The second kappa shape index (κ2) is 9.75. The van der Waals surface area contributed by atoms with Crippen molar-refractivity contribution in [1.82, 2.24) is 0 Å². The highest BCUT2D eigenvalue weighted by Crippen LogP contribution is 2.39. The molecule has 1 saturated heterocycles. The summed E-state index contributed by atoms with van der Waals surface area (Å²) in [6.07, 6.45) is 1.72. The monoisotopic (exact) mass is 511 g/mol. The first-order valence-corrected chi connectivity index (χ1v) is 10.9. The van der Waals surface area contributed by atoms with E-state index >= 15 is 0 Å². The fourth-order valence-corrected chi connectivity index (χ4v) is 4.84. The van der Waals surface area contributed by atoms with E-state index in [2.05, 4.69) is 15.9 Å². The van der Waals surface area contributed by atoms with E-state index in [0.29, 0.717) is 30.0 Å². The van der Waals surface area contributed by atoms with Crippen LogP contribution in [-0.4, -0.2) is 29.4 Å². The van der Waals surface area contributed by atoms with Gasteiger partial charge in [-0.2, -0.15) is 0 Å². The number of amides is 1. The largest absolute Gasteiger partial charge is 0.479 e. The van der Waals surface area contributed by atoms with Gasteiger partial charge in [-0.3, -0.25) is 9.69 Å². The van der Waals surface area contributed by atoms with Gasteiger partial charge in [-0.05, 0) is 58.8 Å². The van der Waals surface area contributed by atoms with E-state index in [1.165, 1.54) is 16.7 Å². The van der Waals surface area contributed by atoms with Crippen molar-refractivity contribution in [2.45, 2.75) is 6.92 Å². The summed E-state index contributed by atoms with van der Waals surface area (Å²) in [6, 6.07) is 12.6. The maximum Gasteiger partial charge on any atom is 0.344 e. The number of para-hydroxylation sites is 1. The number of esters is 1. The topological polar surface area (TPSA) is 55.8 Å². The van der Waals surface area contributed by atoms with Gasteiger partial charge in [0.2, 0.25) is 0 Å². The van der Waals surface area contributed by atoms with Gasteiger partial charge in [-0.1, -0.05) is 53.8 Å². The van der Waals surface area contributed by atoms with Crippen molar-refractivity contribution in [2.24, 2.45) is 0 Å². The molecule has 1 amide bonds. The molecule has 3 rings (SSSR count). The average Bonchev–Trinajstić information content (AvgIpc) is 2.95. The Hall–Kier alpha value is -1.87. The third-order valence-electron chi connectivity index (χ3n) is 3.77. The number of thiocarbonyl (C=S) groups is 1. The predicted molar refractivity (Wildman–Crippen MR) is 123 cm³/mol. The fraction of sp³-hybridized carbons (Fsp3) is 0.150. The van der Waals surface area contributed by atoms with Crippen LogP contribution in [0.3, 0.4) is 0 Å². The number of halogens is 2. The van der Waals surface area contributed by atoms with E-state index in [4.69, 9.17) is 33.3 Å². The number of ether oxygens (including phenoxy) is 2.